The lowest BCUT2D eigenvalue weighted by Crippen LogP contribution is -2.31. The Kier molecular flexibility index (Phi) is 5.06. The normalized spacial score (nSPS) is 13.6. The van der Waals surface area contributed by atoms with Crippen LogP contribution in [0, 0.1) is 0 Å². The van der Waals surface area contributed by atoms with Gasteiger partial charge in [0.25, 0.3) is 11.8 Å². The number of imide groups is 1. The first-order chi connectivity index (χ1) is 10.0. The van der Waals surface area contributed by atoms with Crippen molar-refractivity contribution in [2.45, 2.75) is 6.42 Å². The Labute approximate surface area is 123 Å². The van der Waals surface area contributed by atoms with Crippen molar-refractivity contribution >= 4 is 23.6 Å². The standard InChI is InChI=1S/C14H12F3NO2S/c15-11(12(16)17)5-7-21-8-6-18-13(19)9-3-1-2-4-10(9)14(18)20/h1-4H,5-8H2. The van der Waals surface area contributed by atoms with Gasteiger partial charge in [0.1, 0.15) is 0 Å². The molecule has 1 aliphatic heterocycles. The van der Waals surface area contributed by atoms with Gasteiger partial charge in [-0.2, -0.15) is 20.5 Å². The molecule has 0 atom stereocenters. The molecule has 112 valence electrons. The molecule has 0 spiro atoms. The Hall–Kier alpha value is -1.76. The van der Waals surface area contributed by atoms with Gasteiger partial charge in [-0.05, 0) is 17.9 Å². The highest BCUT2D eigenvalue weighted by molar-refractivity contribution is 7.99. The van der Waals surface area contributed by atoms with Crippen LogP contribution in [0.5, 0.6) is 0 Å². The minimum atomic E-state index is -2.30. The Morgan fingerprint density at radius 1 is 1.00 bits per heavy atom. The minimum Gasteiger partial charge on any atom is -0.274 e. The smallest absolute Gasteiger partial charge is 0.274 e. The van der Waals surface area contributed by atoms with E-state index in [1.165, 1.54) is 11.8 Å². The number of fused-ring (bicyclic) bond motifs is 1. The summed E-state index contributed by atoms with van der Waals surface area (Å²) in [6.07, 6.45) is -2.65. The zero-order valence-electron chi connectivity index (χ0n) is 10.9. The molecule has 1 aromatic rings. The van der Waals surface area contributed by atoms with Crippen LogP contribution in [0.15, 0.2) is 36.2 Å². The molecule has 0 saturated heterocycles. The van der Waals surface area contributed by atoms with Crippen molar-refractivity contribution in [2.75, 3.05) is 18.1 Å². The predicted octanol–water partition coefficient (Wildman–Crippen LogP) is 3.48. The second-order valence-corrected chi connectivity index (χ2v) is 5.56. The highest BCUT2D eigenvalue weighted by atomic mass is 32.2. The van der Waals surface area contributed by atoms with E-state index in [1.54, 1.807) is 24.3 Å². The van der Waals surface area contributed by atoms with Crippen LogP contribution in [-0.4, -0.2) is 34.8 Å². The van der Waals surface area contributed by atoms with Crippen molar-refractivity contribution in [3.63, 3.8) is 0 Å². The van der Waals surface area contributed by atoms with Crippen LogP contribution in [0.4, 0.5) is 13.2 Å². The molecule has 2 amide bonds. The van der Waals surface area contributed by atoms with Gasteiger partial charge in [-0.25, -0.2) is 4.39 Å². The Balaban J connectivity index is 1.82. The zero-order valence-corrected chi connectivity index (χ0v) is 11.8. The Morgan fingerprint density at radius 2 is 1.57 bits per heavy atom. The maximum atomic E-state index is 12.6. The number of benzene rings is 1. The number of amides is 2. The van der Waals surface area contributed by atoms with E-state index in [9.17, 15) is 22.8 Å². The Morgan fingerprint density at radius 3 is 2.10 bits per heavy atom. The Bertz CT molecular complexity index is 565. The van der Waals surface area contributed by atoms with Gasteiger partial charge in [0.2, 0.25) is 0 Å². The molecule has 21 heavy (non-hydrogen) atoms. The summed E-state index contributed by atoms with van der Waals surface area (Å²) in [5.74, 6) is -1.56. The fraction of sp³-hybridized carbons (Fsp3) is 0.286. The summed E-state index contributed by atoms with van der Waals surface area (Å²) in [5.41, 5.74) is 0.752. The van der Waals surface area contributed by atoms with Gasteiger partial charge >= 0.3 is 6.08 Å². The van der Waals surface area contributed by atoms with Crippen LogP contribution < -0.4 is 0 Å². The molecule has 0 N–H and O–H groups in total. The number of allylic oxidation sites excluding steroid dienone is 1. The van der Waals surface area contributed by atoms with Crippen molar-refractivity contribution in [1.29, 1.82) is 0 Å². The summed E-state index contributed by atoms with van der Waals surface area (Å²) in [5, 5.41) is 0. The number of rotatable bonds is 6. The third-order valence-electron chi connectivity index (χ3n) is 3.01. The largest absolute Gasteiger partial charge is 0.301 e. The third-order valence-corrected chi connectivity index (χ3v) is 3.97. The first-order valence-electron chi connectivity index (χ1n) is 6.25. The summed E-state index contributed by atoms with van der Waals surface area (Å²) in [6, 6.07) is 6.55. The molecule has 7 heteroatoms. The fourth-order valence-electron chi connectivity index (χ4n) is 1.96. The van der Waals surface area contributed by atoms with E-state index >= 15 is 0 Å². The van der Waals surface area contributed by atoms with Gasteiger partial charge in [-0.3, -0.25) is 14.5 Å². The zero-order chi connectivity index (χ0) is 15.4. The molecule has 0 aliphatic carbocycles. The molecular weight excluding hydrogens is 303 g/mol. The maximum Gasteiger partial charge on any atom is 0.301 e. The number of hydrogen-bond donors (Lipinski definition) is 0. The number of carbonyl (C=O) groups is 2. The molecular formula is C14H12F3NO2S. The molecule has 0 radical (unpaired) electrons. The molecule has 1 aliphatic rings. The van der Waals surface area contributed by atoms with E-state index in [0.717, 1.165) is 4.90 Å². The van der Waals surface area contributed by atoms with Gasteiger partial charge in [0, 0.05) is 18.7 Å². The summed E-state index contributed by atoms with van der Waals surface area (Å²) >= 11 is 1.22. The first kappa shape index (κ1) is 15.6. The lowest BCUT2D eigenvalue weighted by Gasteiger charge is -2.13. The van der Waals surface area contributed by atoms with Crippen LogP contribution in [-0.2, 0) is 0 Å². The van der Waals surface area contributed by atoms with Crippen LogP contribution >= 0.6 is 11.8 Å². The topological polar surface area (TPSA) is 37.4 Å². The van der Waals surface area contributed by atoms with Gasteiger partial charge in [-0.1, -0.05) is 12.1 Å². The van der Waals surface area contributed by atoms with E-state index in [2.05, 4.69) is 0 Å². The van der Waals surface area contributed by atoms with Crippen LogP contribution in [0.1, 0.15) is 27.1 Å². The second-order valence-electron chi connectivity index (χ2n) is 4.34. The van der Waals surface area contributed by atoms with Crippen LogP contribution in [0.25, 0.3) is 0 Å². The first-order valence-corrected chi connectivity index (χ1v) is 7.40. The van der Waals surface area contributed by atoms with Crippen molar-refractivity contribution in [2.24, 2.45) is 0 Å². The number of hydrogen-bond acceptors (Lipinski definition) is 3. The third kappa shape index (κ3) is 3.47. The predicted molar refractivity (Wildman–Crippen MR) is 74.1 cm³/mol. The average Bonchev–Trinajstić information content (AvgIpc) is 2.71. The lowest BCUT2D eigenvalue weighted by atomic mass is 10.1. The fourth-order valence-corrected chi connectivity index (χ4v) is 2.80. The number of nitrogens with zero attached hydrogens (tertiary/aromatic N) is 1. The van der Waals surface area contributed by atoms with E-state index in [4.69, 9.17) is 0 Å². The minimum absolute atomic E-state index is 0.173. The highest BCUT2D eigenvalue weighted by Crippen LogP contribution is 2.23. The van der Waals surface area contributed by atoms with Gasteiger partial charge < -0.3 is 0 Å². The molecule has 3 nitrogen and oxygen atoms in total. The van der Waals surface area contributed by atoms with E-state index in [-0.39, 0.29) is 30.5 Å². The van der Waals surface area contributed by atoms with Crippen LogP contribution in [0.2, 0.25) is 0 Å². The number of carbonyl (C=O) groups excluding carboxylic acids is 2. The van der Waals surface area contributed by atoms with Crippen LogP contribution in [0.3, 0.4) is 0 Å². The molecule has 0 saturated carbocycles. The van der Waals surface area contributed by atoms with Crippen molar-refractivity contribution in [1.82, 2.24) is 4.90 Å². The van der Waals surface area contributed by atoms with Crippen molar-refractivity contribution in [3.05, 3.63) is 47.3 Å². The van der Waals surface area contributed by atoms with Gasteiger partial charge in [0.05, 0.1) is 11.1 Å². The molecule has 1 heterocycles. The average molecular weight is 315 g/mol. The monoisotopic (exact) mass is 315 g/mol. The molecule has 0 fully saturated rings. The van der Waals surface area contributed by atoms with Gasteiger partial charge in [-0.15, -0.1) is 0 Å². The van der Waals surface area contributed by atoms with E-state index in [1.807, 2.05) is 0 Å². The summed E-state index contributed by atoms with van der Waals surface area (Å²) in [6.45, 7) is 0.181. The molecule has 0 aromatic heterocycles. The SMILES string of the molecule is O=C1c2ccccc2C(=O)N1CCSCCC(F)=C(F)F. The van der Waals surface area contributed by atoms with Gasteiger partial charge in [0.15, 0.2) is 5.83 Å². The maximum absolute atomic E-state index is 12.6. The quantitative estimate of drug-likeness (QED) is 0.596. The summed E-state index contributed by atoms with van der Waals surface area (Å²) in [4.78, 5) is 25.1. The van der Waals surface area contributed by atoms with E-state index < -0.39 is 11.9 Å². The molecule has 1 aromatic carbocycles. The van der Waals surface area contributed by atoms with Crippen molar-refractivity contribution in [3.8, 4) is 0 Å². The lowest BCUT2D eigenvalue weighted by molar-refractivity contribution is 0.0664. The molecule has 0 bridgehead atoms. The summed E-state index contributed by atoms with van der Waals surface area (Å²) < 4.78 is 36.2. The number of halogens is 3. The molecule has 0 unspecified atom stereocenters. The second kappa shape index (κ2) is 6.80. The highest BCUT2D eigenvalue weighted by Gasteiger charge is 2.34. The number of thioether (sulfide) groups is 1. The van der Waals surface area contributed by atoms with E-state index in [0.29, 0.717) is 16.9 Å². The molecule has 2 rings (SSSR count). The van der Waals surface area contributed by atoms with Crippen molar-refractivity contribution < 1.29 is 22.8 Å². The summed E-state index contributed by atoms with van der Waals surface area (Å²) in [7, 11) is 0.